The average molecular weight is 282 g/mol. The van der Waals surface area contributed by atoms with Crippen LogP contribution in [0.15, 0.2) is 29.4 Å². The highest BCUT2D eigenvalue weighted by Crippen LogP contribution is 2.21. The standard InChI is InChI=1S/C14H22N2O2S/c1-14(2,3)8-11(9-17)16-13(18)10-19-12-4-6-15-7-5-12/h4-7,11,17H,8-10H2,1-3H3,(H,16,18). The lowest BCUT2D eigenvalue weighted by Gasteiger charge is -2.25. The number of hydrogen-bond acceptors (Lipinski definition) is 4. The third-order valence-corrected chi connectivity index (χ3v) is 3.48. The van der Waals surface area contributed by atoms with Gasteiger partial charge in [-0.3, -0.25) is 9.78 Å². The van der Waals surface area contributed by atoms with Crippen LogP contribution in [0.3, 0.4) is 0 Å². The third-order valence-electron chi connectivity index (χ3n) is 2.46. The molecule has 1 amide bonds. The van der Waals surface area contributed by atoms with Gasteiger partial charge in [-0.2, -0.15) is 0 Å². The fourth-order valence-electron chi connectivity index (χ4n) is 1.75. The number of aliphatic hydroxyl groups is 1. The minimum atomic E-state index is -0.175. The molecule has 1 heterocycles. The molecule has 0 spiro atoms. The number of carbonyl (C=O) groups excluding carboxylic acids is 1. The van der Waals surface area contributed by atoms with E-state index in [0.29, 0.717) is 5.75 Å². The molecule has 19 heavy (non-hydrogen) atoms. The van der Waals surface area contributed by atoms with Gasteiger partial charge in [-0.1, -0.05) is 20.8 Å². The van der Waals surface area contributed by atoms with Crippen molar-refractivity contribution in [3.63, 3.8) is 0 Å². The van der Waals surface area contributed by atoms with Crippen LogP contribution in [0.4, 0.5) is 0 Å². The number of thioether (sulfide) groups is 1. The normalized spacial score (nSPS) is 13.1. The number of hydrogen-bond donors (Lipinski definition) is 2. The highest BCUT2D eigenvalue weighted by Gasteiger charge is 2.19. The van der Waals surface area contributed by atoms with E-state index in [1.54, 1.807) is 12.4 Å². The molecular weight excluding hydrogens is 260 g/mol. The maximum Gasteiger partial charge on any atom is 0.230 e. The van der Waals surface area contributed by atoms with Crippen molar-refractivity contribution in [2.75, 3.05) is 12.4 Å². The Bertz CT molecular complexity index is 390. The van der Waals surface area contributed by atoms with Crippen LogP contribution in [0, 0.1) is 5.41 Å². The minimum absolute atomic E-state index is 0.0249. The van der Waals surface area contributed by atoms with Crippen LogP contribution < -0.4 is 5.32 Å². The van der Waals surface area contributed by atoms with Gasteiger partial charge in [0.2, 0.25) is 5.91 Å². The zero-order chi connectivity index (χ0) is 14.3. The van der Waals surface area contributed by atoms with Crippen molar-refractivity contribution < 1.29 is 9.90 Å². The molecule has 4 nitrogen and oxygen atoms in total. The van der Waals surface area contributed by atoms with E-state index in [9.17, 15) is 9.90 Å². The van der Waals surface area contributed by atoms with Crippen molar-refractivity contribution in [3.05, 3.63) is 24.5 Å². The number of nitrogens with one attached hydrogen (secondary N) is 1. The Hall–Kier alpha value is -1.07. The van der Waals surface area contributed by atoms with Crippen molar-refractivity contribution in [2.24, 2.45) is 5.41 Å². The quantitative estimate of drug-likeness (QED) is 0.784. The molecule has 0 aromatic carbocycles. The summed E-state index contributed by atoms with van der Waals surface area (Å²) in [5, 5.41) is 12.2. The van der Waals surface area contributed by atoms with Crippen LogP contribution in [-0.2, 0) is 4.79 Å². The number of aromatic nitrogens is 1. The summed E-state index contributed by atoms with van der Waals surface area (Å²) in [6.07, 6.45) is 4.17. The summed E-state index contributed by atoms with van der Waals surface area (Å²) >= 11 is 1.47. The van der Waals surface area contributed by atoms with Crippen LogP contribution in [0.1, 0.15) is 27.2 Å². The average Bonchev–Trinajstić information content (AvgIpc) is 2.35. The van der Waals surface area contributed by atoms with E-state index in [4.69, 9.17) is 0 Å². The molecular formula is C14H22N2O2S. The largest absolute Gasteiger partial charge is 0.394 e. The summed E-state index contributed by atoms with van der Waals surface area (Å²) in [6, 6.07) is 3.57. The van der Waals surface area contributed by atoms with Crippen LogP contribution in [0.25, 0.3) is 0 Å². The van der Waals surface area contributed by atoms with Crippen LogP contribution >= 0.6 is 11.8 Å². The maximum absolute atomic E-state index is 11.8. The van der Waals surface area contributed by atoms with Gasteiger partial charge < -0.3 is 10.4 Å². The second-order valence-electron chi connectivity index (χ2n) is 5.68. The fourth-order valence-corrected chi connectivity index (χ4v) is 2.45. The highest BCUT2D eigenvalue weighted by atomic mass is 32.2. The fraction of sp³-hybridized carbons (Fsp3) is 0.571. The van der Waals surface area contributed by atoms with Gasteiger partial charge >= 0.3 is 0 Å². The molecule has 0 saturated heterocycles. The molecule has 0 aliphatic rings. The van der Waals surface area contributed by atoms with E-state index in [1.165, 1.54) is 11.8 Å². The third kappa shape index (κ3) is 7.18. The second-order valence-corrected chi connectivity index (χ2v) is 6.73. The molecule has 1 aromatic heterocycles. The molecule has 0 radical (unpaired) electrons. The molecule has 1 aromatic rings. The maximum atomic E-state index is 11.8. The molecule has 1 rings (SSSR count). The summed E-state index contributed by atoms with van der Waals surface area (Å²) in [5.41, 5.74) is 0.0823. The Morgan fingerprint density at radius 3 is 2.58 bits per heavy atom. The van der Waals surface area contributed by atoms with Gasteiger partial charge in [0.15, 0.2) is 0 Å². The van der Waals surface area contributed by atoms with Crippen LogP contribution in [0.2, 0.25) is 0 Å². The molecule has 0 saturated carbocycles. The molecule has 0 aliphatic heterocycles. The van der Waals surface area contributed by atoms with E-state index in [0.717, 1.165) is 11.3 Å². The first kappa shape index (κ1) is 16.0. The Morgan fingerprint density at radius 2 is 2.05 bits per heavy atom. The zero-order valence-corrected chi connectivity index (χ0v) is 12.5. The van der Waals surface area contributed by atoms with E-state index in [2.05, 4.69) is 31.1 Å². The van der Waals surface area contributed by atoms with Crippen LogP contribution in [-0.4, -0.2) is 34.4 Å². The first-order valence-corrected chi connectivity index (χ1v) is 7.32. The van der Waals surface area contributed by atoms with Gasteiger partial charge in [0.1, 0.15) is 0 Å². The lowest BCUT2D eigenvalue weighted by atomic mass is 9.88. The van der Waals surface area contributed by atoms with Crippen molar-refractivity contribution >= 4 is 17.7 Å². The highest BCUT2D eigenvalue weighted by molar-refractivity contribution is 8.00. The van der Waals surface area contributed by atoms with Crippen molar-refractivity contribution in [2.45, 2.75) is 38.1 Å². The first-order chi connectivity index (χ1) is 8.90. The van der Waals surface area contributed by atoms with Gasteiger partial charge in [0.05, 0.1) is 18.4 Å². The number of carbonyl (C=O) groups is 1. The van der Waals surface area contributed by atoms with Gasteiger partial charge in [0, 0.05) is 17.3 Å². The summed E-state index contributed by atoms with van der Waals surface area (Å²) in [4.78, 5) is 16.8. The van der Waals surface area contributed by atoms with Gasteiger partial charge in [-0.15, -0.1) is 11.8 Å². The lowest BCUT2D eigenvalue weighted by molar-refractivity contribution is -0.119. The molecule has 0 fully saturated rings. The van der Waals surface area contributed by atoms with Crippen molar-refractivity contribution in [1.82, 2.24) is 10.3 Å². The Morgan fingerprint density at radius 1 is 1.42 bits per heavy atom. The molecule has 1 unspecified atom stereocenters. The van der Waals surface area contributed by atoms with Crippen molar-refractivity contribution in [3.8, 4) is 0 Å². The van der Waals surface area contributed by atoms with E-state index >= 15 is 0 Å². The lowest BCUT2D eigenvalue weighted by Crippen LogP contribution is -2.40. The second kappa shape index (κ2) is 7.50. The molecule has 0 aliphatic carbocycles. The number of aliphatic hydroxyl groups excluding tert-OH is 1. The summed E-state index contributed by atoms with van der Waals surface area (Å²) in [7, 11) is 0. The van der Waals surface area contributed by atoms with Gasteiger partial charge in [-0.05, 0) is 24.0 Å². The first-order valence-electron chi connectivity index (χ1n) is 6.34. The number of rotatable bonds is 6. The SMILES string of the molecule is CC(C)(C)CC(CO)NC(=O)CSc1ccncc1. The minimum Gasteiger partial charge on any atom is -0.394 e. The van der Waals surface area contributed by atoms with Gasteiger partial charge in [0.25, 0.3) is 0 Å². The van der Waals surface area contributed by atoms with Gasteiger partial charge in [-0.25, -0.2) is 0 Å². The molecule has 106 valence electrons. The summed E-state index contributed by atoms with van der Waals surface area (Å²) < 4.78 is 0. The zero-order valence-electron chi connectivity index (χ0n) is 11.7. The predicted octanol–water partition coefficient (Wildman–Crippen LogP) is 2.09. The number of pyridine rings is 1. The van der Waals surface area contributed by atoms with Crippen molar-refractivity contribution in [1.29, 1.82) is 0 Å². The molecule has 2 N–H and O–H groups in total. The molecule has 1 atom stereocenters. The van der Waals surface area contributed by atoms with E-state index in [-0.39, 0.29) is 24.0 Å². The topological polar surface area (TPSA) is 62.2 Å². The Balaban J connectivity index is 2.37. The smallest absolute Gasteiger partial charge is 0.230 e. The summed E-state index contributed by atoms with van der Waals surface area (Å²) in [6.45, 7) is 6.25. The predicted molar refractivity (Wildman–Crippen MR) is 78.0 cm³/mol. The van der Waals surface area contributed by atoms with E-state index in [1.807, 2.05) is 12.1 Å². The Labute approximate surface area is 119 Å². The van der Waals surface area contributed by atoms with E-state index < -0.39 is 0 Å². The molecule has 5 heteroatoms. The Kier molecular flexibility index (Phi) is 6.31. The molecule has 0 bridgehead atoms. The summed E-state index contributed by atoms with van der Waals surface area (Å²) in [5.74, 6) is 0.301. The number of amides is 1. The van der Waals surface area contributed by atoms with Crippen LogP contribution in [0.5, 0.6) is 0 Å². The number of nitrogens with zero attached hydrogens (tertiary/aromatic N) is 1. The monoisotopic (exact) mass is 282 g/mol.